The molecule has 0 unspecified atom stereocenters. The van der Waals surface area contributed by atoms with Gasteiger partial charge in [-0.05, 0) is 37.5 Å². The van der Waals surface area contributed by atoms with Crippen molar-refractivity contribution in [3.05, 3.63) is 41.0 Å². The van der Waals surface area contributed by atoms with Crippen molar-refractivity contribution >= 4 is 5.97 Å². The lowest BCUT2D eigenvalue weighted by Gasteiger charge is -2.10. The predicted molar refractivity (Wildman–Crippen MR) is 62.7 cm³/mol. The van der Waals surface area contributed by atoms with Gasteiger partial charge in [0.15, 0.2) is 0 Å². The van der Waals surface area contributed by atoms with Gasteiger partial charge in [-0.15, -0.1) is 0 Å². The second-order valence-electron chi connectivity index (χ2n) is 3.95. The molecule has 0 spiro atoms. The summed E-state index contributed by atoms with van der Waals surface area (Å²) < 4.78 is 4.61. The summed E-state index contributed by atoms with van der Waals surface area (Å²) in [7, 11) is 1.29. The highest BCUT2D eigenvalue weighted by Crippen LogP contribution is 2.27. The van der Waals surface area contributed by atoms with Crippen LogP contribution in [0.1, 0.15) is 28.4 Å². The van der Waals surface area contributed by atoms with Crippen LogP contribution in [0.25, 0.3) is 0 Å². The number of phenols is 1. The molecule has 0 heterocycles. The molecule has 0 saturated heterocycles. The third kappa shape index (κ3) is 2.63. The Labute approximate surface area is 95.4 Å². The Bertz CT molecular complexity index is 433. The van der Waals surface area contributed by atoms with Gasteiger partial charge >= 0.3 is 5.97 Å². The highest BCUT2D eigenvalue weighted by molar-refractivity contribution is 5.93. The first-order valence-corrected chi connectivity index (χ1v) is 5.01. The molecule has 1 N–H and O–H groups in total. The quantitative estimate of drug-likeness (QED) is 0.629. The van der Waals surface area contributed by atoms with E-state index in [-0.39, 0.29) is 11.3 Å². The number of methoxy groups -OCH3 is 1. The lowest BCUT2D eigenvalue weighted by atomic mass is 10.00. The topological polar surface area (TPSA) is 46.5 Å². The molecule has 0 bridgehead atoms. The summed E-state index contributed by atoms with van der Waals surface area (Å²) in [6.07, 6.45) is 0.553. The summed E-state index contributed by atoms with van der Waals surface area (Å²) in [5.41, 5.74) is 2.75. The van der Waals surface area contributed by atoms with E-state index in [4.69, 9.17) is 0 Å². The third-order valence-corrected chi connectivity index (χ3v) is 2.23. The predicted octanol–water partition coefficient (Wildman–Crippen LogP) is 2.61. The van der Waals surface area contributed by atoms with Crippen molar-refractivity contribution in [3.63, 3.8) is 0 Å². The molecule has 0 amide bonds. The van der Waals surface area contributed by atoms with E-state index < -0.39 is 5.97 Å². The Morgan fingerprint density at radius 3 is 2.62 bits per heavy atom. The molecule has 0 aliphatic heterocycles. The van der Waals surface area contributed by atoms with Crippen LogP contribution in [0, 0.1) is 6.92 Å². The molecule has 1 aromatic carbocycles. The molecule has 3 heteroatoms. The number of hydrogen-bond donors (Lipinski definition) is 1. The maximum absolute atomic E-state index is 11.4. The molecule has 1 rings (SSSR count). The number of aryl methyl sites for hydroxylation is 1. The summed E-state index contributed by atoms with van der Waals surface area (Å²) in [6.45, 7) is 7.53. The lowest BCUT2D eigenvalue weighted by Crippen LogP contribution is -2.04. The molecule has 86 valence electrons. The van der Waals surface area contributed by atoms with Crippen molar-refractivity contribution in [2.75, 3.05) is 7.11 Å². The molecule has 0 aromatic heterocycles. The van der Waals surface area contributed by atoms with Crippen LogP contribution in [-0.4, -0.2) is 18.2 Å². The molecule has 3 nitrogen and oxygen atoms in total. The van der Waals surface area contributed by atoms with Crippen molar-refractivity contribution < 1.29 is 14.6 Å². The minimum absolute atomic E-state index is 0.0135. The van der Waals surface area contributed by atoms with Crippen LogP contribution in [-0.2, 0) is 11.2 Å². The summed E-state index contributed by atoms with van der Waals surface area (Å²) in [5.74, 6) is -0.537. The van der Waals surface area contributed by atoms with Gasteiger partial charge in [0.05, 0.1) is 7.11 Å². The van der Waals surface area contributed by atoms with Gasteiger partial charge in [-0.25, -0.2) is 4.79 Å². The zero-order valence-electron chi connectivity index (χ0n) is 9.83. The third-order valence-electron chi connectivity index (χ3n) is 2.23. The van der Waals surface area contributed by atoms with E-state index in [9.17, 15) is 9.90 Å². The average molecular weight is 220 g/mol. The second kappa shape index (κ2) is 4.84. The molecule has 16 heavy (non-hydrogen) atoms. The number of esters is 1. The standard InChI is InChI=1S/C13H16O3/c1-8(2)5-10-6-9(3)7-11(12(10)14)13(15)16-4/h6-7,14H,1,5H2,2-4H3. The number of benzene rings is 1. The first-order valence-electron chi connectivity index (χ1n) is 5.01. The highest BCUT2D eigenvalue weighted by atomic mass is 16.5. The van der Waals surface area contributed by atoms with Gasteiger partial charge in [0.1, 0.15) is 11.3 Å². The van der Waals surface area contributed by atoms with Gasteiger partial charge in [-0.1, -0.05) is 18.2 Å². The summed E-state index contributed by atoms with van der Waals surface area (Å²) in [6, 6.07) is 3.46. The van der Waals surface area contributed by atoms with E-state index in [0.717, 1.165) is 11.1 Å². The van der Waals surface area contributed by atoms with Crippen LogP contribution < -0.4 is 0 Å². The molecule has 0 radical (unpaired) electrons. The number of rotatable bonds is 3. The molecule has 0 aliphatic rings. The second-order valence-corrected chi connectivity index (χ2v) is 3.95. The van der Waals surface area contributed by atoms with E-state index in [1.165, 1.54) is 7.11 Å². The monoisotopic (exact) mass is 220 g/mol. The minimum Gasteiger partial charge on any atom is -0.507 e. The van der Waals surface area contributed by atoms with Gasteiger partial charge in [-0.3, -0.25) is 0 Å². The molecule has 0 aliphatic carbocycles. The molecule has 0 atom stereocenters. The van der Waals surface area contributed by atoms with E-state index in [1.807, 2.05) is 19.9 Å². The zero-order valence-corrected chi connectivity index (χ0v) is 9.83. The Morgan fingerprint density at radius 2 is 2.12 bits per heavy atom. The molecule has 0 fully saturated rings. The lowest BCUT2D eigenvalue weighted by molar-refractivity contribution is 0.0597. The van der Waals surface area contributed by atoms with Crippen molar-refractivity contribution in [3.8, 4) is 5.75 Å². The van der Waals surface area contributed by atoms with Crippen LogP contribution in [0.15, 0.2) is 24.3 Å². The van der Waals surface area contributed by atoms with Crippen molar-refractivity contribution in [2.45, 2.75) is 20.3 Å². The first kappa shape index (κ1) is 12.3. The molecule has 1 aromatic rings. The van der Waals surface area contributed by atoms with E-state index in [2.05, 4.69) is 11.3 Å². The largest absolute Gasteiger partial charge is 0.507 e. The Morgan fingerprint density at radius 1 is 1.50 bits per heavy atom. The van der Waals surface area contributed by atoms with Crippen LogP contribution in [0.3, 0.4) is 0 Å². The molecular weight excluding hydrogens is 204 g/mol. The SMILES string of the molecule is C=C(C)Cc1cc(C)cc(C(=O)OC)c1O. The van der Waals surface area contributed by atoms with Crippen LogP contribution in [0.2, 0.25) is 0 Å². The van der Waals surface area contributed by atoms with Gasteiger partial charge in [-0.2, -0.15) is 0 Å². The molecular formula is C13H16O3. The van der Waals surface area contributed by atoms with Gasteiger partial charge in [0.25, 0.3) is 0 Å². The van der Waals surface area contributed by atoms with Gasteiger partial charge in [0, 0.05) is 0 Å². The molecule has 0 saturated carbocycles. The maximum atomic E-state index is 11.4. The summed E-state index contributed by atoms with van der Waals surface area (Å²) in [4.78, 5) is 11.4. The van der Waals surface area contributed by atoms with Crippen LogP contribution in [0.4, 0.5) is 0 Å². The fourth-order valence-corrected chi connectivity index (χ4v) is 1.58. The Balaban J connectivity index is 3.25. The zero-order chi connectivity index (χ0) is 12.3. The van der Waals surface area contributed by atoms with E-state index >= 15 is 0 Å². The number of aromatic hydroxyl groups is 1. The van der Waals surface area contributed by atoms with Crippen LogP contribution in [0.5, 0.6) is 5.75 Å². The fourth-order valence-electron chi connectivity index (χ4n) is 1.58. The van der Waals surface area contributed by atoms with Crippen molar-refractivity contribution in [1.82, 2.24) is 0 Å². The van der Waals surface area contributed by atoms with E-state index in [1.54, 1.807) is 6.07 Å². The van der Waals surface area contributed by atoms with Gasteiger partial charge < -0.3 is 9.84 Å². The maximum Gasteiger partial charge on any atom is 0.341 e. The normalized spacial score (nSPS) is 9.94. The number of hydrogen-bond acceptors (Lipinski definition) is 3. The fraction of sp³-hybridized carbons (Fsp3) is 0.308. The summed E-state index contributed by atoms with van der Waals surface area (Å²) in [5, 5.41) is 9.92. The first-order chi connectivity index (χ1) is 7.45. The average Bonchev–Trinajstić information content (AvgIpc) is 2.21. The Kier molecular flexibility index (Phi) is 3.72. The number of allylic oxidation sites excluding steroid dienone is 1. The number of carbonyl (C=O) groups is 1. The van der Waals surface area contributed by atoms with Crippen molar-refractivity contribution in [1.29, 1.82) is 0 Å². The van der Waals surface area contributed by atoms with Crippen LogP contribution >= 0.6 is 0 Å². The number of ether oxygens (including phenoxy) is 1. The number of carbonyl (C=O) groups excluding carboxylic acids is 1. The van der Waals surface area contributed by atoms with Crippen molar-refractivity contribution in [2.24, 2.45) is 0 Å². The summed E-state index contributed by atoms with van der Waals surface area (Å²) >= 11 is 0. The van der Waals surface area contributed by atoms with E-state index in [0.29, 0.717) is 12.0 Å². The minimum atomic E-state index is -0.524. The number of phenolic OH excluding ortho intramolecular Hbond substituents is 1. The highest BCUT2D eigenvalue weighted by Gasteiger charge is 2.15. The smallest absolute Gasteiger partial charge is 0.341 e. The van der Waals surface area contributed by atoms with Gasteiger partial charge in [0.2, 0.25) is 0 Å². The Hall–Kier alpha value is -1.77.